The molecule has 9 heteroatoms. The Morgan fingerprint density at radius 2 is 1.76 bits per heavy atom. The topological polar surface area (TPSA) is 111 Å². The lowest BCUT2D eigenvalue weighted by Crippen LogP contribution is -2.35. The van der Waals surface area contributed by atoms with Crippen molar-refractivity contribution < 1.29 is 14.3 Å². The SMILES string of the molecule is CC(C)Oc1ccc2ccccc2c1CNC(=O)C(=O)Nc1ccc(-c2nnn(C)n2)cc1. The summed E-state index contributed by atoms with van der Waals surface area (Å²) < 4.78 is 5.92. The third-order valence-corrected chi connectivity index (χ3v) is 4.90. The summed E-state index contributed by atoms with van der Waals surface area (Å²) in [5.74, 6) is -0.342. The standard InChI is InChI=1S/C24H24N6O3/c1-15(2)33-21-13-10-16-6-4-5-7-19(16)20(21)14-25-23(31)24(32)26-18-11-8-17(9-12-18)22-27-29-30(3)28-22/h4-13,15H,14H2,1-3H3,(H,25,31)(H,26,32). The van der Waals surface area contributed by atoms with Crippen molar-refractivity contribution in [3.05, 3.63) is 66.2 Å². The molecule has 0 spiro atoms. The zero-order valence-corrected chi connectivity index (χ0v) is 18.6. The van der Waals surface area contributed by atoms with Gasteiger partial charge in [-0.1, -0.05) is 30.3 Å². The van der Waals surface area contributed by atoms with Crippen molar-refractivity contribution in [3.63, 3.8) is 0 Å². The summed E-state index contributed by atoms with van der Waals surface area (Å²) in [5.41, 5.74) is 2.06. The largest absolute Gasteiger partial charge is 0.491 e. The van der Waals surface area contributed by atoms with E-state index in [-0.39, 0.29) is 12.6 Å². The van der Waals surface area contributed by atoms with E-state index < -0.39 is 11.8 Å². The molecule has 0 atom stereocenters. The van der Waals surface area contributed by atoms with Crippen molar-refractivity contribution in [2.75, 3.05) is 5.32 Å². The molecule has 0 saturated carbocycles. The normalized spacial score (nSPS) is 10.9. The molecule has 0 aliphatic rings. The molecule has 0 saturated heterocycles. The van der Waals surface area contributed by atoms with Gasteiger partial charge < -0.3 is 15.4 Å². The molecule has 1 aromatic heterocycles. The van der Waals surface area contributed by atoms with Gasteiger partial charge in [-0.3, -0.25) is 9.59 Å². The van der Waals surface area contributed by atoms with Crippen molar-refractivity contribution in [3.8, 4) is 17.1 Å². The number of hydrogen-bond donors (Lipinski definition) is 2. The van der Waals surface area contributed by atoms with Crippen LogP contribution in [0.15, 0.2) is 60.7 Å². The molecule has 2 N–H and O–H groups in total. The zero-order chi connectivity index (χ0) is 23.4. The number of fused-ring (bicyclic) bond motifs is 1. The number of aromatic nitrogens is 4. The number of anilines is 1. The number of ether oxygens (including phenoxy) is 1. The van der Waals surface area contributed by atoms with E-state index in [1.54, 1.807) is 31.3 Å². The zero-order valence-electron chi connectivity index (χ0n) is 18.6. The van der Waals surface area contributed by atoms with Crippen LogP contribution in [0, 0.1) is 0 Å². The van der Waals surface area contributed by atoms with Crippen LogP contribution in [0.5, 0.6) is 5.75 Å². The highest BCUT2D eigenvalue weighted by Gasteiger charge is 2.17. The quantitative estimate of drug-likeness (QED) is 0.442. The van der Waals surface area contributed by atoms with E-state index in [1.807, 2.05) is 50.2 Å². The molecule has 4 rings (SSSR count). The van der Waals surface area contributed by atoms with Crippen LogP contribution in [0.2, 0.25) is 0 Å². The fourth-order valence-corrected chi connectivity index (χ4v) is 3.40. The van der Waals surface area contributed by atoms with Crippen LogP contribution in [0.3, 0.4) is 0 Å². The van der Waals surface area contributed by atoms with Gasteiger partial charge in [0, 0.05) is 23.4 Å². The van der Waals surface area contributed by atoms with Gasteiger partial charge in [-0.15, -0.1) is 10.2 Å². The van der Waals surface area contributed by atoms with Crippen LogP contribution in [0.1, 0.15) is 19.4 Å². The average molecular weight is 444 g/mol. The molecular weight excluding hydrogens is 420 g/mol. The summed E-state index contributed by atoms with van der Waals surface area (Å²) in [5, 5.41) is 19.2. The first-order valence-electron chi connectivity index (χ1n) is 10.5. The van der Waals surface area contributed by atoms with Crippen molar-refractivity contribution in [1.29, 1.82) is 0 Å². The van der Waals surface area contributed by atoms with E-state index in [9.17, 15) is 9.59 Å². The Kier molecular flexibility index (Phi) is 6.30. The minimum atomic E-state index is -0.757. The van der Waals surface area contributed by atoms with Crippen molar-refractivity contribution in [1.82, 2.24) is 25.5 Å². The highest BCUT2D eigenvalue weighted by molar-refractivity contribution is 6.39. The monoisotopic (exact) mass is 444 g/mol. The molecule has 4 aromatic rings. The van der Waals surface area contributed by atoms with Gasteiger partial charge in [-0.2, -0.15) is 4.80 Å². The number of benzene rings is 3. The first-order valence-corrected chi connectivity index (χ1v) is 10.5. The summed E-state index contributed by atoms with van der Waals surface area (Å²) in [6, 6.07) is 18.6. The predicted molar refractivity (Wildman–Crippen MR) is 124 cm³/mol. The molecule has 0 aliphatic carbocycles. The Balaban J connectivity index is 1.43. The second-order valence-corrected chi connectivity index (χ2v) is 7.75. The summed E-state index contributed by atoms with van der Waals surface area (Å²) in [4.78, 5) is 26.3. The fraction of sp³-hybridized carbons (Fsp3) is 0.208. The third kappa shape index (κ3) is 5.15. The van der Waals surface area contributed by atoms with Gasteiger partial charge in [-0.25, -0.2) is 0 Å². The summed E-state index contributed by atoms with van der Waals surface area (Å²) >= 11 is 0. The Morgan fingerprint density at radius 3 is 2.45 bits per heavy atom. The maximum atomic E-state index is 12.5. The number of aryl methyl sites for hydroxylation is 1. The van der Waals surface area contributed by atoms with Crippen LogP contribution in [0.25, 0.3) is 22.2 Å². The molecule has 168 valence electrons. The van der Waals surface area contributed by atoms with Crippen LogP contribution in [0.4, 0.5) is 5.69 Å². The van der Waals surface area contributed by atoms with E-state index in [2.05, 4.69) is 26.0 Å². The maximum Gasteiger partial charge on any atom is 0.313 e. The number of amides is 2. The van der Waals surface area contributed by atoms with Gasteiger partial charge >= 0.3 is 11.8 Å². The summed E-state index contributed by atoms with van der Waals surface area (Å²) in [7, 11) is 1.68. The molecule has 3 aromatic carbocycles. The van der Waals surface area contributed by atoms with Gasteiger partial charge in [-0.05, 0) is 60.2 Å². The number of hydrogen-bond acceptors (Lipinski definition) is 6. The first-order chi connectivity index (χ1) is 15.9. The van der Waals surface area contributed by atoms with Gasteiger partial charge in [0.1, 0.15) is 5.75 Å². The molecular formula is C24H24N6O3. The highest BCUT2D eigenvalue weighted by Crippen LogP contribution is 2.29. The van der Waals surface area contributed by atoms with Crippen LogP contribution in [-0.2, 0) is 23.2 Å². The highest BCUT2D eigenvalue weighted by atomic mass is 16.5. The second kappa shape index (κ2) is 9.47. The number of rotatable bonds is 6. The van der Waals surface area contributed by atoms with E-state index >= 15 is 0 Å². The molecule has 0 radical (unpaired) electrons. The van der Waals surface area contributed by atoms with Crippen LogP contribution in [-0.4, -0.2) is 38.1 Å². The van der Waals surface area contributed by atoms with Crippen LogP contribution < -0.4 is 15.4 Å². The number of carbonyl (C=O) groups excluding carboxylic acids is 2. The van der Waals surface area contributed by atoms with Crippen LogP contribution >= 0.6 is 0 Å². The lowest BCUT2D eigenvalue weighted by molar-refractivity contribution is -0.136. The molecule has 33 heavy (non-hydrogen) atoms. The molecule has 0 unspecified atom stereocenters. The van der Waals surface area contributed by atoms with Crippen molar-refractivity contribution in [2.24, 2.45) is 7.05 Å². The molecule has 0 aliphatic heterocycles. The third-order valence-electron chi connectivity index (χ3n) is 4.90. The molecule has 2 amide bonds. The molecule has 0 bridgehead atoms. The fourth-order valence-electron chi connectivity index (χ4n) is 3.40. The van der Waals surface area contributed by atoms with E-state index in [0.717, 1.165) is 21.9 Å². The van der Waals surface area contributed by atoms with E-state index in [1.165, 1.54) is 4.80 Å². The lowest BCUT2D eigenvalue weighted by atomic mass is 10.0. The molecule has 9 nitrogen and oxygen atoms in total. The Labute approximate surface area is 190 Å². The lowest BCUT2D eigenvalue weighted by Gasteiger charge is -2.17. The molecule has 1 heterocycles. The minimum absolute atomic E-state index is 0.0241. The van der Waals surface area contributed by atoms with Gasteiger partial charge in [0.15, 0.2) is 0 Å². The number of carbonyl (C=O) groups is 2. The average Bonchev–Trinajstić information content (AvgIpc) is 3.24. The second-order valence-electron chi connectivity index (χ2n) is 7.75. The van der Waals surface area contributed by atoms with Crippen molar-refractivity contribution >= 4 is 28.3 Å². The Bertz CT molecular complexity index is 1300. The van der Waals surface area contributed by atoms with Gasteiger partial charge in [0.2, 0.25) is 5.82 Å². The van der Waals surface area contributed by atoms with E-state index in [4.69, 9.17) is 4.74 Å². The number of nitrogens with one attached hydrogen (secondary N) is 2. The number of tetrazole rings is 1. The Hall–Kier alpha value is -4.27. The van der Waals surface area contributed by atoms with Crippen molar-refractivity contribution in [2.45, 2.75) is 26.5 Å². The summed E-state index contributed by atoms with van der Waals surface area (Å²) in [6.07, 6.45) is -0.0241. The Morgan fingerprint density at radius 1 is 1.00 bits per heavy atom. The maximum absolute atomic E-state index is 12.5. The first kappa shape index (κ1) is 21.9. The van der Waals surface area contributed by atoms with E-state index in [0.29, 0.717) is 17.3 Å². The summed E-state index contributed by atoms with van der Waals surface area (Å²) in [6.45, 7) is 4.04. The smallest absolute Gasteiger partial charge is 0.313 e. The number of nitrogens with zero attached hydrogens (tertiary/aromatic N) is 4. The predicted octanol–water partition coefficient (Wildman–Crippen LogP) is 3.07. The van der Waals surface area contributed by atoms with Gasteiger partial charge in [0.25, 0.3) is 0 Å². The molecule has 0 fully saturated rings. The van der Waals surface area contributed by atoms with Gasteiger partial charge in [0.05, 0.1) is 13.2 Å². The minimum Gasteiger partial charge on any atom is -0.491 e.